The molecule has 0 spiro atoms. The van der Waals surface area contributed by atoms with Gasteiger partial charge in [-0.3, -0.25) is 0 Å². The van der Waals surface area contributed by atoms with Crippen molar-refractivity contribution in [2.24, 2.45) is 4.36 Å². The molecule has 0 saturated carbocycles. The molecule has 0 bridgehead atoms. The fraction of sp³-hybridized carbons (Fsp3) is 0.154. The number of thiophene rings is 1. The number of benzene rings is 1. The van der Waals surface area contributed by atoms with Crippen LogP contribution in [0.5, 0.6) is 0 Å². The Morgan fingerprint density at radius 3 is 2.50 bits per heavy atom. The van der Waals surface area contributed by atoms with Gasteiger partial charge in [-0.1, -0.05) is 18.2 Å². The predicted octanol–water partition coefficient (Wildman–Crippen LogP) is 3.44. The summed E-state index contributed by atoms with van der Waals surface area (Å²) in [6.45, 7) is 1.87. The topological polar surface area (TPSA) is 53.2 Å². The number of nitriles is 1. The van der Waals surface area contributed by atoms with Crippen LogP contribution >= 0.6 is 11.3 Å². The molecular weight excluding hydrogens is 264 g/mol. The Hall–Kier alpha value is -1.64. The van der Waals surface area contributed by atoms with Gasteiger partial charge in [-0.2, -0.15) is 5.26 Å². The van der Waals surface area contributed by atoms with Gasteiger partial charge >= 0.3 is 0 Å². The Bertz CT molecular complexity index is 717. The van der Waals surface area contributed by atoms with E-state index in [2.05, 4.69) is 10.4 Å². The maximum Gasteiger partial charge on any atom is 0.110 e. The molecule has 1 heterocycles. The first-order valence-corrected chi connectivity index (χ1v) is 7.66. The van der Waals surface area contributed by atoms with Crippen LogP contribution in [-0.4, -0.2) is 11.3 Å². The Kier molecular flexibility index (Phi) is 3.50. The van der Waals surface area contributed by atoms with E-state index < -0.39 is 9.73 Å². The van der Waals surface area contributed by atoms with E-state index in [4.69, 9.17) is 5.26 Å². The minimum Gasteiger partial charge on any atom is -0.240 e. The summed E-state index contributed by atoms with van der Waals surface area (Å²) in [6.07, 6.45) is 0. The van der Waals surface area contributed by atoms with E-state index in [0.29, 0.717) is 14.7 Å². The lowest BCUT2D eigenvalue weighted by atomic mass is 10.4. The fourth-order valence-corrected chi connectivity index (χ4v) is 4.84. The second-order valence-corrected chi connectivity index (χ2v) is 7.25. The third-order valence-corrected chi connectivity index (χ3v) is 6.13. The molecule has 0 N–H and O–H groups in total. The van der Waals surface area contributed by atoms with E-state index in [1.165, 1.54) is 11.3 Å². The van der Waals surface area contributed by atoms with Gasteiger partial charge in [-0.15, -0.1) is 11.3 Å². The zero-order valence-electron chi connectivity index (χ0n) is 10.1. The molecule has 18 heavy (non-hydrogen) atoms. The maximum atomic E-state index is 13.0. The molecule has 0 aliphatic heterocycles. The first-order chi connectivity index (χ1) is 8.61. The highest BCUT2D eigenvalue weighted by molar-refractivity contribution is 7.94. The summed E-state index contributed by atoms with van der Waals surface area (Å²) in [5, 5.41) is 8.92. The van der Waals surface area contributed by atoms with Gasteiger partial charge in [0.05, 0.1) is 9.79 Å². The molecule has 1 unspecified atom stereocenters. The van der Waals surface area contributed by atoms with Crippen molar-refractivity contribution in [1.29, 1.82) is 5.26 Å². The molecule has 2 rings (SSSR count). The van der Waals surface area contributed by atoms with Crippen molar-refractivity contribution in [1.82, 2.24) is 0 Å². The summed E-state index contributed by atoms with van der Waals surface area (Å²) in [5.41, 5.74) is 0. The van der Waals surface area contributed by atoms with Crippen LogP contribution in [0.4, 0.5) is 0 Å². The molecule has 0 radical (unpaired) electrons. The first kappa shape index (κ1) is 12.8. The summed E-state index contributed by atoms with van der Waals surface area (Å²) >= 11 is 1.35. The van der Waals surface area contributed by atoms with Crippen LogP contribution in [0.15, 0.2) is 50.6 Å². The lowest BCUT2D eigenvalue weighted by Gasteiger charge is -2.08. The summed E-state index contributed by atoms with van der Waals surface area (Å²) in [7, 11) is -1.07. The standard InChI is InChI=1S/C13H12N2OS2/c1-10-13(8-11(9-14)17-10)18(16,15-2)12-6-4-3-5-7-12/h3-8H,1-2H3. The number of rotatable bonds is 2. The van der Waals surface area contributed by atoms with Gasteiger partial charge in [0.15, 0.2) is 0 Å². The van der Waals surface area contributed by atoms with Crippen LogP contribution < -0.4 is 0 Å². The molecule has 0 aliphatic carbocycles. The smallest absolute Gasteiger partial charge is 0.110 e. The van der Waals surface area contributed by atoms with Crippen LogP contribution in [0.1, 0.15) is 9.75 Å². The van der Waals surface area contributed by atoms with Gasteiger partial charge in [0, 0.05) is 11.9 Å². The summed E-state index contributed by atoms with van der Waals surface area (Å²) in [4.78, 5) is 2.77. The van der Waals surface area contributed by atoms with Crippen molar-refractivity contribution >= 4 is 21.1 Å². The van der Waals surface area contributed by atoms with Crippen LogP contribution in [0.2, 0.25) is 0 Å². The van der Waals surface area contributed by atoms with E-state index in [-0.39, 0.29) is 0 Å². The number of aryl methyl sites for hydroxylation is 1. The van der Waals surface area contributed by atoms with Crippen molar-refractivity contribution < 1.29 is 4.21 Å². The zero-order chi connectivity index (χ0) is 13.2. The van der Waals surface area contributed by atoms with Crippen molar-refractivity contribution in [2.75, 3.05) is 7.05 Å². The molecule has 0 saturated heterocycles. The summed E-state index contributed by atoms with van der Waals surface area (Å²) in [6, 6.07) is 12.9. The molecule has 1 aromatic carbocycles. The Labute approximate surface area is 111 Å². The van der Waals surface area contributed by atoms with Crippen LogP contribution in [0, 0.1) is 18.3 Å². The zero-order valence-corrected chi connectivity index (χ0v) is 11.7. The molecule has 1 atom stereocenters. The second kappa shape index (κ2) is 4.92. The highest BCUT2D eigenvalue weighted by Crippen LogP contribution is 2.31. The lowest BCUT2D eigenvalue weighted by molar-refractivity contribution is 0.676. The number of hydrogen-bond donors (Lipinski definition) is 0. The third kappa shape index (κ3) is 2.05. The van der Waals surface area contributed by atoms with Crippen LogP contribution in [0.25, 0.3) is 0 Å². The van der Waals surface area contributed by atoms with Gasteiger partial charge < -0.3 is 0 Å². The molecule has 0 fully saturated rings. The van der Waals surface area contributed by atoms with Gasteiger partial charge in [0.2, 0.25) is 0 Å². The molecular formula is C13H12N2OS2. The molecule has 0 amide bonds. The molecule has 0 aliphatic rings. The molecule has 2 aromatic rings. The van der Waals surface area contributed by atoms with Crippen molar-refractivity contribution in [2.45, 2.75) is 16.7 Å². The van der Waals surface area contributed by atoms with Crippen molar-refractivity contribution in [3.63, 3.8) is 0 Å². The van der Waals surface area contributed by atoms with Crippen LogP contribution in [-0.2, 0) is 9.73 Å². The maximum absolute atomic E-state index is 13.0. The molecule has 5 heteroatoms. The van der Waals surface area contributed by atoms with E-state index in [0.717, 1.165) is 4.88 Å². The number of nitrogens with zero attached hydrogens (tertiary/aromatic N) is 2. The monoisotopic (exact) mass is 276 g/mol. The van der Waals surface area contributed by atoms with Gasteiger partial charge in [-0.05, 0) is 25.1 Å². The largest absolute Gasteiger partial charge is 0.240 e. The molecule has 3 nitrogen and oxygen atoms in total. The Morgan fingerprint density at radius 2 is 2.00 bits per heavy atom. The lowest BCUT2D eigenvalue weighted by Crippen LogP contribution is -2.01. The van der Waals surface area contributed by atoms with Gasteiger partial charge in [-0.25, -0.2) is 8.57 Å². The fourth-order valence-electron chi connectivity index (χ4n) is 1.73. The van der Waals surface area contributed by atoms with Gasteiger partial charge in [0.25, 0.3) is 0 Å². The first-order valence-electron chi connectivity index (χ1n) is 5.32. The minimum absolute atomic E-state index is 0.565. The Balaban J connectivity index is 2.70. The number of hydrogen-bond acceptors (Lipinski definition) is 4. The molecule has 1 aromatic heterocycles. The summed E-state index contributed by atoms with van der Waals surface area (Å²) < 4.78 is 17.1. The highest BCUT2D eigenvalue weighted by atomic mass is 32.2. The molecule has 92 valence electrons. The Morgan fingerprint density at radius 1 is 1.33 bits per heavy atom. The normalized spacial score (nSPS) is 13.6. The van der Waals surface area contributed by atoms with Crippen molar-refractivity contribution in [3.8, 4) is 6.07 Å². The quantitative estimate of drug-likeness (QED) is 0.843. The third-order valence-electron chi connectivity index (χ3n) is 2.60. The van der Waals surface area contributed by atoms with Crippen molar-refractivity contribution in [3.05, 3.63) is 46.2 Å². The SMILES string of the molecule is CN=S(=O)(c1ccccc1)c1cc(C#N)sc1C. The van der Waals surface area contributed by atoms with Crippen LogP contribution in [0.3, 0.4) is 0 Å². The van der Waals surface area contributed by atoms with E-state index >= 15 is 0 Å². The van der Waals surface area contributed by atoms with Gasteiger partial charge in [0.1, 0.15) is 20.7 Å². The average Bonchev–Trinajstić information content (AvgIpc) is 2.81. The average molecular weight is 276 g/mol. The summed E-state index contributed by atoms with van der Waals surface area (Å²) in [5.74, 6) is 0. The minimum atomic E-state index is -2.62. The second-order valence-electron chi connectivity index (χ2n) is 3.66. The van der Waals surface area contributed by atoms with E-state index in [9.17, 15) is 4.21 Å². The predicted molar refractivity (Wildman–Crippen MR) is 73.2 cm³/mol. The highest BCUT2D eigenvalue weighted by Gasteiger charge is 2.19. The van der Waals surface area contributed by atoms with E-state index in [1.54, 1.807) is 25.2 Å². The van der Waals surface area contributed by atoms with E-state index in [1.807, 2.05) is 25.1 Å².